The Labute approximate surface area is 291 Å². The SMILES string of the molecule is CC(C)C[C@H](NC(=O)[C@H](Cc1c[nH]c2ccccc12)NC(=O)OC(C)(C)C)C(=O)N[C@H](CC(=O)O)CC(=O)N[C@@H](Cc1ccccc1)C(N)=O. The van der Waals surface area contributed by atoms with Crippen LogP contribution in [-0.4, -0.2) is 75.6 Å². The van der Waals surface area contributed by atoms with Crippen LogP contribution >= 0.6 is 0 Å². The molecule has 14 heteroatoms. The second kappa shape index (κ2) is 17.8. The molecule has 0 radical (unpaired) electrons. The molecule has 50 heavy (non-hydrogen) atoms. The third-order valence-electron chi connectivity index (χ3n) is 7.61. The van der Waals surface area contributed by atoms with Crippen LogP contribution in [0.2, 0.25) is 0 Å². The Balaban J connectivity index is 1.78. The predicted molar refractivity (Wildman–Crippen MR) is 187 cm³/mol. The Kier molecular flexibility index (Phi) is 13.9. The largest absolute Gasteiger partial charge is 0.481 e. The van der Waals surface area contributed by atoms with Crippen molar-refractivity contribution in [2.45, 2.75) is 96.5 Å². The average Bonchev–Trinajstić information content (AvgIpc) is 3.41. The number of nitrogens with two attached hydrogens (primary N) is 1. The lowest BCUT2D eigenvalue weighted by Crippen LogP contribution is -2.56. The molecule has 0 aliphatic carbocycles. The zero-order chi connectivity index (χ0) is 37.0. The molecule has 2 aromatic carbocycles. The van der Waals surface area contributed by atoms with Gasteiger partial charge in [0.2, 0.25) is 23.6 Å². The molecule has 1 aromatic heterocycles. The van der Waals surface area contributed by atoms with Crippen molar-refractivity contribution in [2.75, 3.05) is 0 Å². The summed E-state index contributed by atoms with van der Waals surface area (Å²) in [7, 11) is 0. The van der Waals surface area contributed by atoms with Crippen LogP contribution in [0.1, 0.15) is 65.0 Å². The molecule has 0 saturated carbocycles. The van der Waals surface area contributed by atoms with Crippen molar-refractivity contribution < 1.29 is 38.6 Å². The van der Waals surface area contributed by atoms with E-state index in [4.69, 9.17) is 10.5 Å². The summed E-state index contributed by atoms with van der Waals surface area (Å²) in [6, 6.07) is 11.8. The number of carbonyl (C=O) groups is 6. The van der Waals surface area contributed by atoms with Gasteiger partial charge < -0.3 is 41.8 Å². The number of ether oxygens (including phenoxy) is 1. The summed E-state index contributed by atoms with van der Waals surface area (Å²) in [4.78, 5) is 80.2. The van der Waals surface area contributed by atoms with E-state index in [-0.39, 0.29) is 25.2 Å². The molecule has 0 unspecified atom stereocenters. The second-order valence-corrected chi connectivity index (χ2v) is 13.7. The highest BCUT2D eigenvalue weighted by atomic mass is 16.6. The maximum Gasteiger partial charge on any atom is 0.408 e. The maximum atomic E-state index is 13.8. The van der Waals surface area contributed by atoms with Crippen LogP contribution in [0.4, 0.5) is 4.79 Å². The van der Waals surface area contributed by atoms with Gasteiger partial charge in [0.05, 0.1) is 6.42 Å². The van der Waals surface area contributed by atoms with E-state index in [0.717, 1.165) is 22.0 Å². The van der Waals surface area contributed by atoms with Crippen molar-refractivity contribution in [1.29, 1.82) is 0 Å². The molecule has 1 heterocycles. The monoisotopic (exact) mass is 692 g/mol. The van der Waals surface area contributed by atoms with Gasteiger partial charge in [-0.15, -0.1) is 0 Å². The molecular weight excluding hydrogens is 644 g/mol. The molecule has 3 rings (SSSR count). The fourth-order valence-corrected chi connectivity index (χ4v) is 5.39. The lowest BCUT2D eigenvalue weighted by Gasteiger charge is -2.27. The van der Waals surface area contributed by atoms with E-state index in [9.17, 15) is 33.9 Å². The fourth-order valence-electron chi connectivity index (χ4n) is 5.39. The van der Waals surface area contributed by atoms with Crippen LogP contribution in [0.5, 0.6) is 0 Å². The molecule has 0 fully saturated rings. The van der Waals surface area contributed by atoms with Gasteiger partial charge in [-0.1, -0.05) is 62.4 Å². The van der Waals surface area contributed by atoms with Crippen LogP contribution < -0.4 is 27.0 Å². The number of hydrogen-bond donors (Lipinski definition) is 7. The summed E-state index contributed by atoms with van der Waals surface area (Å²) < 4.78 is 5.40. The molecule has 0 bridgehead atoms. The molecule has 270 valence electrons. The molecule has 0 saturated heterocycles. The number of carboxylic acids is 1. The number of alkyl carbamates (subject to hydrolysis) is 1. The maximum absolute atomic E-state index is 13.8. The second-order valence-electron chi connectivity index (χ2n) is 13.7. The van der Waals surface area contributed by atoms with E-state index in [1.165, 1.54) is 0 Å². The van der Waals surface area contributed by atoms with Crippen LogP contribution in [-0.2, 0) is 41.6 Å². The Bertz CT molecular complexity index is 1650. The molecule has 0 aliphatic rings. The summed E-state index contributed by atoms with van der Waals surface area (Å²) in [5.74, 6) is -4.22. The van der Waals surface area contributed by atoms with Gasteiger partial charge in [0.1, 0.15) is 23.7 Å². The van der Waals surface area contributed by atoms with E-state index in [2.05, 4.69) is 26.3 Å². The van der Waals surface area contributed by atoms with Gasteiger partial charge in [-0.05, 0) is 50.3 Å². The zero-order valence-electron chi connectivity index (χ0n) is 29.1. The molecule has 4 atom stereocenters. The van der Waals surface area contributed by atoms with Crippen molar-refractivity contribution in [3.63, 3.8) is 0 Å². The molecule has 0 aliphatic heterocycles. The zero-order valence-corrected chi connectivity index (χ0v) is 29.1. The minimum Gasteiger partial charge on any atom is -0.481 e. The topological polar surface area (TPSA) is 222 Å². The first kappa shape index (κ1) is 39.0. The van der Waals surface area contributed by atoms with E-state index in [1.807, 2.05) is 38.1 Å². The number of para-hydroxylation sites is 1. The predicted octanol–water partition coefficient (Wildman–Crippen LogP) is 2.70. The molecular formula is C36H48N6O8. The van der Waals surface area contributed by atoms with Gasteiger partial charge in [0.25, 0.3) is 0 Å². The standard InChI is InChI=1S/C36H48N6O8/c1-21(2)15-28(33(47)39-24(19-31(44)45)18-30(43)40-27(32(37)46)16-22-11-7-6-8-12-22)41-34(48)29(42-35(49)50-36(3,4)5)17-23-20-38-26-14-10-9-13-25(23)26/h6-14,20-21,24,27-29,38H,15-19H2,1-5H3,(H2,37,46)(H,39,47)(H,40,43)(H,41,48)(H,42,49)(H,44,45)/t24-,27-,28-,29-/m0/s1. The number of hydrogen-bond acceptors (Lipinski definition) is 7. The number of carbonyl (C=O) groups excluding carboxylic acids is 5. The smallest absolute Gasteiger partial charge is 0.408 e. The summed E-state index contributed by atoms with van der Waals surface area (Å²) in [6.07, 6.45) is 0.193. The Morgan fingerprint density at radius 1 is 0.800 bits per heavy atom. The first-order chi connectivity index (χ1) is 23.5. The molecule has 8 N–H and O–H groups in total. The third kappa shape index (κ3) is 12.9. The number of aromatic nitrogens is 1. The first-order valence-corrected chi connectivity index (χ1v) is 16.5. The highest BCUT2D eigenvalue weighted by Gasteiger charge is 2.32. The molecule has 14 nitrogen and oxygen atoms in total. The Hall–Kier alpha value is -5.40. The van der Waals surface area contributed by atoms with Crippen molar-refractivity contribution in [1.82, 2.24) is 26.3 Å². The van der Waals surface area contributed by atoms with E-state index in [0.29, 0.717) is 0 Å². The Morgan fingerprint density at radius 3 is 2.06 bits per heavy atom. The minimum absolute atomic E-state index is 0.0664. The van der Waals surface area contributed by atoms with Crippen LogP contribution in [0, 0.1) is 5.92 Å². The van der Waals surface area contributed by atoms with Gasteiger partial charge in [-0.3, -0.25) is 24.0 Å². The number of rotatable bonds is 17. The Morgan fingerprint density at radius 2 is 1.44 bits per heavy atom. The van der Waals surface area contributed by atoms with Gasteiger partial charge in [0, 0.05) is 42.4 Å². The third-order valence-corrected chi connectivity index (χ3v) is 7.61. The fraction of sp³-hybridized carbons (Fsp3) is 0.444. The molecule has 3 aromatic rings. The minimum atomic E-state index is -1.27. The summed E-state index contributed by atoms with van der Waals surface area (Å²) >= 11 is 0. The number of carboxylic acid groups (broad SMARTS) is 1. The van der Waals surface area contributed by atoms with Crippen molar-refractivity contribution >= 4 is 46.6 Å². The molecule has 5 amide bonds. The van der Waals surface area contributed by atoms with Gasteiger partial charge in [-0.25, -0.2) is 4.79 Å². The number of nitrogens with one attached hydrogen (secondary N) is 5. The van der Waals surface area contributed by atoms with Gasteiger partial charge >= 0.3 is 12.1 Å². The number of aliphatic carboxylic acids is 1. The lowest BCUT2D eigenvalue weighted by atomic mass is 10.00. The number of aromatic amines is 1. The van der Waals surface area contributed by atoms with Crippen LogP contribution in [0.25, 0.3) is 10.9 Å². The molecule has 0 spiro atoms. The van der Waals surface area contributed by atoms with E-state index in [1.54, 1.807) is 57.3 Å². The first-order valence-electron chi connectivity index (χ1n) is 16.5. The quantitative estimate of drug-likeness (QED) is 0.111. The van der Waals surface area contributed by atoms with Gasteiger partial charge in [0.15, 0.2) is 0 Å². The number of amides is 5. The highest BCUT2D eigenvalue weighted by molar-refractivity contribution is 5.93. The summed E-state index contributed by atoms with van der Waals surface area (Å²) in [5, 5.41) is 20.9. The van der Waals surface area contributed by atoms with Gasteiger partial charge in [-0.2, -0.15) is 0 Å². The van der Waals surface area contributed by atoms with Crippen LogP contribution in [0.15, 0.2) is 60.8 Å². The van der Waals surface area contributed by atoms with E-state index >= 15 is 0 Å². The average molecular weight is 693 g/mol. The number of benzene rings is 2. The number of primary amides is 1. The highest BCUT2D eigenvalue weighted by Crippen LogP contribution is 2.20. The van der Waals surface area contributed by atoms with Crippen molar-refractivity contribution in [3.8, 4) is 0 Å². The van der Waals surface area contributed by atoms with Crippen molar-refractivity contribution in [3.05, 3.63) is 71.9 Å². The number of fused-ring (bicyclic) bond motifs is 1. The van der Waals surface area contributed by atoms with Crippen LogP contribution in [0.3, 0.4) is 0 Å². The van der Waals surface area contributed by atoms with Crippen molar-refractivity contribution in [2.24, 2.45) is 11.7 Å². The normalized spacial score (nSPS) is 13.8. The number of H-pyrrole nitrogens is 1. The summed E-state index contributed by atoms with van der Waals surface area (Å²) in [6.45, 7) is 8.75. The summed E-state index contributed by atoms with van der Waals surface area (Å²) in [5.41, 5.74) is 7.02. The lowest BCUT2D eigenvalue weighted by molar-refractivity contribution is -0.138. The van der Waals surface area contributed by atoms with E-state index < -0.39 is 78.3 Å².